The SMILES string of the molecule is c1cncc(Nc2nnc(Cc3cccs3)o2)c1. The van der Waals surface area contributed by atoms with E-state index < -0.39 is 0 Å². The number of aromatic nitrogens is 3. The molecule has 3 aromatic rings. The minimum absolute atomic E-state index is 0.384. The number of thiophene rings is 1. The lowest BCUT2D eigenvalue weighted by atomic mass is 10.3. The van der Waals surface area contributed by atoms with E-state index in [4.69, 9.17) is 4.42 Å². The normalized spacial score (nSPS) is 10.4. The molecular weight excluding hydrogens is 248 g/mol. The summed E-state index contributed by atoms with van der Waals surface area (Å²) < 4.78 is 5.51. The highest BCUT2D eigenvalue weighted by Gasteiger charge is 2.07. The molecule has 18 heavy (non-hydrogen) atoms. The predicted octanol–water partition coefficient (Wildman–Crippen LogP) is 2.86. The van der Waals surface area contributed by atoms with Crippen LogP contribution in [0.5, 0.6) is 0 Å². The second-order valence-corrected chi connectivity index (χ2v) is 4.66. The Morgan fingerprint density at radius 2 is 2.22 bits per heavy atom. The van der Waals surface area contributed by atoms with Crippen molar-refractivity contribution in [3.63, 3.8) is 0 Å². The van der Waals surface area contributed by atoms with Crippen molar-refractivity contribution >= 4 is 23.0 Å². The lowest BCUT2D eigenvalue weighted by molar-refractivity contribution is 0.522. The van der Waals surface area contributed by atoms with Crippen molar-refractivity contribution in [2.45, 2.75) is 6.42 Å². The first-order valence-corrected chi connectivity index (χ1v) is 6.30. The monoisotopic (exact) mass is 258 g/mol. The van der Waals surface area contributed by atoms with Crippen LogP contribution in [0.15, 0.2) is 46.5 Å². The maximum Gasteiger partial charge on any atom is 0.320 e. The van der Waals surface area contributed by atoms with Crippen molar-refractivity contribution in [1.29, 1.82) is 0 Å². The Morgan fingerprint density at radius 3 is 3.00 bits per heavy atom. The van der Waals surface area contributed by atoms with Gasteiger partial charge in [-0.1, -0.05) is 11.2 Å². The predicted molar refractivity (Wildman–Crippen MR) is 68.9 cm³/mol. The highest BCUT2D eigenvalue weighted by molar-refractivity contribution is 7.09. The van der Waals surface area contributed by atoms with Crippen molar-refractivity contribution in [3.8, 4) is 0 Å². The molecule has 0 aliphatic rings. The van der Waals surface area contributed by atoms with E-state index in [9.17, 15) is 0 Å². The van der Waals surface area contributed by atoms with Gasteiger partial charge in [0, 0.05) is 11.1 Å². The van der Waals surface area contributed by atoms with Gasteiger partial charge in [0.15, 0.2) is 0 Å². The molecule has 6 heteroatoms. The summed E-state index contributed by atoms with van der Waals surface area (Å²) in [6.45, 7) is 0. The number of hydrogen-bond donors (Lipinski definition) is 1. The molecule has 0 aromatic carbocycles. The molecule has 0 aliphatic carbocycles. The summed E-state index contributed by atoms with van der Waals surface area (Å²) in [5.41, 5.74) is 0.823. The molecule has 0 radical (unpaired) electrons. The average molecular weight is 258 g/mol. The van der Waals surface area contributed by atoms with Crippen LogP contribution in [-0.2, 0) is 6.42 Å². The quantitative estimate of drug-likeness (QED) is 0.779. The second-order valence-electron chi connectivity index (χ2n) is 3.62. The second kappa shape index (κ2) is 4.97. The molecule has 5 nitrogen and oxygen atoms in total. The van der Waals surface area contributed by atoms with Gasteiger partial charge in [0.2, 0.25) is 5.89 Å². The summed E-state index contributed by atoms with van der Waals surface area (Å²) in [6, 6.07) is 8.16. The fourth-order valence-electron chi connectivity index (χ4n) is 1.50. The molecule has 0 saturated carbocycles. The van der Waals surface area contributed by atoms with E-state index in [1.807, 2.05) is 29.6 Å². The van der Waals surface area contributed by atoms with E-state index in [1.54, 1.807) is 23.7 Å². The van der Waals surface area contributed by atoms with E-state index in [1.165, 1.54) is 4.88 Å². The van der Waals surface area contributed by atoms with Crippen LogP contribution < -0.4 is 5.32 Å². The molecule has 3 heterocycles. The number of hydrogen-bond acceptors (Lipinski definition) is 6. The Hall–Kier alpha value is -2.21. The maximum absolute atomic E-state index is 5.51. The van der Waals surface area contributed by atoms with Gasteiger partial charge in [-0.05, 0) is 23.6 Å². The Labute approximate surface area is 108 Å². The lowest BCUT2D eigenvalue weighted by Gasteiger charge is -1.98. The van der Waals surface area contributed by atoms with Crippen LogP contribution in [0.1, 0.15) is 10.8 Å². The van der Waals surface area contributed by atoms with Crippen molar-refractivity contribution in [3.05, 3.63) is 52.8 Å². The Bertz CT molecular complexity index is 606. The van der Waals surface area contributed by atoms with E-state index in [2.05, 4.69) is 20.5 Å². The van der Waals surface area contributed by atoms with E-state index >= 15 is 0 Å². The molecule has 0 atom stereocenters. The zero-order valence-corrected chi connectivity index (χ0v) is 10.2. The summed E-state index contributed by atoms with van der Waals surface area (Å²) in [4.78, 5) is 5.20. The number of nitrogens with zero attached hydrogens (tertiary/aromatic N) is 3. The van der Waals surface area contributed by atoms with Gasteiger partial charge in [-0.25, -0.2) is 0 Å². The first-order chi connectivity index (χ1) is 8.90. The van der Waals surface area contributed by atoms with E-state index in [0.29, 0.717) is 18.3 Å². The topological polar surface area (TPSA) is 63.8 Å². The first kappa shape index (κ1) is 10.9. The third-order valence-corrected chi connectivity index (χ3v) is 3.16. The summed E-state index contributed by atoms with van der Waals surface area (Å²) in [7, 11) is 0. The molecule has 90 valence electrons. The summed E-state index contributed by atoms with van der Waals surface area (Å²) in [5, 5.41) is 13.0. The van der Waals surface area contributed by atoms with E-state index in [-0.39, 0.29) is 0 Å². The Morgan fingerprint density at radius 1 is 1.22 bits per heavy atom. The third-order valence-electron chi connectivity index (χ3n) is 2.29. The minimum Gasteiger partial charge on any atom is -0.407 e. The molecular formula is C12H10N4OS. The summed E-state index contributed by atoms with van der Waals surface area (Å²) in [6.07, 6.45) is 4.07. The van der Waals surface area contributed by atoms with Crippen LogP contribution in [0.2, 0.25) is 0 Å². The van der Waals surface area contributed by atoms with Gasteiger partial charge in [-0.3, -0.25) is 4.98 Å². The average Bonchev–Trinajstić information content (AvgIpc) is 3.03. The first-order valence-electron chi connectivity index (χ1n) is 5.42. The summed E-state index contributed by atoms with van der Waals surface area (Å²) >= 11 is 1.67. The number of pyridine rings is 1. The van der Waals surface area contributed by atoms with Gasteiger partial charge in [0.05, 0.1) is 18.3 Å². The highest BCUT2D eigenvalue weighted by atomic mass is 32.1. The van der Waals surface area contributed by atoms with Crippen molar-refractivity contribution < 1.29 is 4.42 Å². The number of nitrogens with one attached hydrogen (secondary N) is 1. The Kier molecular flexibility index (Phi) is 3.01. The van der Waals surface area contributed by atoms with Gasteiger partial charge >= 0.3 is 6.01 Å². The molecule has 3 aromatic heterocycles. The van der Waals surface area contributed by atoms with Gasteiger partial charge in [-0.2, -0.15) is 0 Å². The van der Waals surface area contributed by atoms with Gasteiger partial charge < -0.3 is 9.73 Å². The molecule has 3 rings (SSSR count). The maximum atomic E-state index is 5.51. The van der Waals surface area contributed by atoms with Crippen molar-refractivity contribution in [2.75, 3.05) is 5.32 Å². The van der Waals surface area contributed by atoms with Crippen molar-refractivity contribution in [2.24, 2.45) is 0 Å². The van der Waals surface area contributed by atoms with E-state index in [0.717, 1.165) is 5.69 Å². The fraction of sp³-hybridized carbons (Fsp3) is 0.0833. The van der Waals surface area contributed by atoms with Gasteiger partial charge in [0.25, 0.3) is 0 Å². The standard InChI is InChI=1S/C12H10N4OS/c1-3-9(8-13-5-1)14-12-16-15-11(17-12)7-10-4-2-6-18-10/h1-6,8H,7H2,(H,14,16). The zero-order chi connectivity index (χ0) is 12.2. The minimum atomic E-state index is 0.384. The molecule has 1 N–H and O–H groups in total. The molecule has 0 unspecified atom stereocenters. The van der Waals surface area contributed by atoms with Crippen molar-refractivity contribution in [1.82, 2.24) is 15.2 Å². The zero-order valence-electron chi connectivity index (χ0n) is 9.41. The smallest absolute Gasteiger partial charge is 0.320 e. The molecule has 0 bridgehead atoms. The van der Waals surface area contributed by atoms with Crippen LogP contribution in [0.25, 0.3) is 0 Å². The van der Waals surface area contributed by atoms with Crippen LogP contribution in [-0.4, -0.2) is 15.2 Å². The molecule has 0 spiro atoms. The number of anilines is 2. The fourth-order valence-corrected chi connectivity index (χ4v) is 2.19. The molecule has 0 aliphatic heterocycles. The van der Waals surface area contributed by atoms with Crippen LogP contribution in [0.3, 0.4) is 0 Å². The molecule has 0 amide bonds. The van der Waals surface area contributed by atoms with Gasteiger partial charge in [-0.15, -0.1) is 16.4 Å². The van der Waals surface area contributed by atoms with Crippen LogP contribution >= 0.6 is 11.3 Å². The largest absolute Gasteiger partial charge is 0.407 e. The molecule has 0 fully saturated rings. The summed E-state index contributed by atoms with van der Waals surface area (Å²) in [5.74, 6) is 0.601. The third kappa shape index (κ3) is 2.54. The molecule has 0 saturated heterocycles. The van der Waals surface area contributed by atoms with Gasteiger partial charge in [0.1, 0.15) is 0 Å². The highest BCUT2D eigenvalue weighted by Crippen LogP contribution is 2.17. The lowest BCUT2D eigenvalue weighted by Crippen LogP contribution is -1.90. The Balaban J connectivity index is 1.70. The van der Waals surface area contributed by atoms with Crippen LogP contribution in [0.4, 0.5) is 11.7 Å². The van der Waals surface area contributed by atoms with Crippen LogP contribution in [0, 0.1) is 0 Å². The number of rotatable bonds is 4.